The highest BCUT2D eigenvalue weighted by Crippen LogP contribution is 2.01. The van der Waals surface area contributed by atoms with Gasteiger partial charge in [-0.1, -0.05) is 69.9 Å². The average Bonchev–Trinajstić information content (AvgIpc) is 2.46. The van der Waals surface area contributed by atoms with E-state index in [1.165, 1.54) is 30.9 Å². The second-order valence-electron chi connectivity index (χ2n) is 4.90. The van der Waals surface area contributed by atoms with E-state index in [0.29, 0.717) is 0 Å². The highest BCUT2D eigenvalue weighted by molar-refractivity contribution is 6.61. The van der Waals surface area contributed by atoms with Gasteiger partial charge in [0, 0.05) is 13.2 Å². The second-order valence-corrected chi connectivity index (χ2v) is 6.90. The monoisotopic (exact) mass is 280 g/mol. The van der Waals surface area contributed by atoms with E-state index in [1.807, 2.05) is 6.07 Å². The lowest BCUT2D eigenvalue weighted by Crippen LogP contribution is -2.37. The second kappa shape index (κ2) is 11.2. The van der Waals surface area contributed by atoms with E-state index in [-0.39, 0.29) is 0 Å². The van der Waals surface area contributed by atoms with Gasteiger partial charge in [-0.25, -0.2) is 0 Å². The molecule has 2 nitrogen and oxygen atoms in total. The molecule has 0 aliphatic carbocycles. The molecule has 0 bridgehead atoms. The summed E-state index contributed by atoms with van der Waals surface area (Å²) in [6.07, 6.45) is 7.24. The van der Waals surface area contributed by atoms with E-state index < -0.39 is 9.28 Å². The molecule has 3 heteroatoms. The van der Waals surface area contributed by atoms with E-state index >= 15 is 0 Å². The molecule has 1 aromatic rings. The highest BCUT2D eigenvalue weighted by Gasteiger charge is 2.15. The van der Waals surface area contributed by atoms with Gasteiger partial charge in [-0.3, -0.25) is 0 Å². The maximum Gasteiger partial charge on any atom is 0.355 e. The number of unbranched alkanes of at least 4 members (excludes halogenated alkanes) is 4. The van der Waals surface area contributed by atoms with Gasteiger partial charge in [0.05, 0.1) is 0 Å². The first kappa shape index (κ1) is 16.4. The molecule has 0 heterocycles. The van der Waals surface area contributed by atoms with E-state index in [9.17, 15) is 0 Å². The van der Waals surface area contributed by atoms with Crippen molar-refractivity contribution in [1.29, 1.82) is 0 Å². The quantitative estimate of drug-likeness (QED) is 0.456. The van der Waals surface area contributed by atoms with Gasteiger partial charge in [0.2, 0.25) is 0 Å². The molecule has 0 saturated carbocycles. The molecule has 0 saturated heterocycles. The van der Waals surface area contributed by atoms with Crippen LogP contribution in [0.1, 0.15) is 52.4 Å². The summed E-state index contributed by atoms with van der Waals surface area (Å²) in [5, 5.41) is 1.26. The zero-order valence-corrected chi connectivity index (χ0v) is 13.6. The lowest BCUT2D eigenvalue weighted by molar-refractivity contribution is 0.200. The summed E-state index contributed by atoms with van der Waals surface area (Å²) in [4.78, 5) is 0. The maximum atomic E-state index is 6.03. The first-order valence-corrected chi connectivity index (χ1v) is 9.18. The van der Waals surface area contributed by atoms with Crippen LogP contribution in [0.3, 0.4) is 0 Å². The summed E-state index contributed by atoms with van der Waals surface area (Å²) in [6.45, 7) is 6.11. The number of hydrogen-bond acceptors (Lipinski definition) is 2. The van der Waals surface area contributed by atoms with Gasteiger partial charge in [0.25, 0.3) is 0 Å². The van der Waals surface area contributed by atoms with Crippen LogP contribution in [0.2, 0.25) is 0 Å². The SMILES string of the molecule is CCCCCO[SiH](OCCCCC)c1ccccc1. The van der Waals surface area contributed by atoms with Crippen LogP contribution in [0.4, 0.5) is 0 Å². The van der Waals surface area contributed by atoms with Crippen molar-refractivity contribution in [3.63, 3.8) is 0 Å². The number of hydrogen-bond donors (Lipinski definition) is 0. The Morgan fingerprint density at radius 1 is 0.789 bits per heavy atom. The summed E-state index contributed by atoms with van der Waals surface area (Å²) in [6, 6.07) is 10.5. The number of rotatable bonds is 11. The number of benzene rings is 1. The molecule has 0 fully saturated rings. The van der Waals surface area contributed by atoms with Crippen molar-refractivity contribution >= 4 is 14.5 Å². The molecule has 108 valence electrons. The fourth-order valence-electron chi connectivity index (χ4n) is 1.94. The zero-order valence-electron chi connectivity index (χ0n) is 12.4. The standard InChI is InChI=1S/C16H28O2Si/c1-3-5-10-14-17-19(18-15-11-6-4-2)16-12-8-7-9-13-16/h7-9,12-13,19H,3-6,10-11,14-15H2,1-2H3. The topological polar surface area (TPSA) is 18.5 Å². The van der Waals surface area contributed by atoms with Crippen LogP contribution >= 0.6 is 0 Å². The van der Waals surface area contributed by atoms with Crippen molar-refractivity contribution in [1.82, 2.24) is 0 Å². The molecule has 1 rings (SSSR count). The van der Waals surface area contributed by atoms with Gasteiger partial charge in [0.1, 0.15) is 0 Å². The molecule has 0 N–H and O–H groups in total. The van der Waals surface area contributed by atoms with Crippen LogP contribution in [-0.4, -0.2) is 22.5 Å². The highest BCUT2D eigenvalue weighted by atomic mass is 28.3. The predicted octanol–water partition coefficient (Wildman–Crippen LogP) is 3.53. The molecular formula is C16H28O2Si. The van der Waals surface area contributed by atoms with Crippen LogP contribution in [0.5, 0.6) is 0 Å². The third kappa shape index (κ3) is 7.50. The maximum absolute atomic E-state index is 6.03. The predicted molar refractivity (Wildman–Crippen MR) is 84.2 cm³/mol. The minimum absolute atomic E-state index is 0.841. The Hall–Kier alpha value is -0.643. The molecule has 0 aromatic heterocycles. The van der Waals surface area contributed by atoms with Gasteiger partial charge in [-0.05, 0) is 18.0 Å². The molecule has 0 aliphatic heterocycles. The van der Waals surface area contributed by atoms with Crippen molar-refractivity contribution in [3.05, 3.63) is 30.3 Å². The molecule has 1 aromatic carbocycles. The third-order valence-corrected chi connectivity index (χ3v) is 5.11. The van der Waals surface area contributed by atoms with Crippen molar-refractivity contribution in [2.45, 2.75) is 52.4 Å². The molecule has 0 amide bonds. The minimum atomic E-state index is -1.68. The van der Waals surface area contributed by atoms with Gasteiger partial charge in [-0.15, -0.1) is 0 Å². The van der Waals surface area contributed by atoms with Gasteiger partial charge in [0.15, 0.2) is 0 Å². The molecule has 0 unspecified atom stereocenters. The Morgan fingerprint density at radius 2 is 1.32 bits per heavy atom. The van der Waals surface area contributed by atoms with Crippen LogP contribution < -0.4 is 5.19 Å². The summed E-state index contributed by atoms with van der Waals surface area (Å²) in [5.74, 6) is 0. The van der Waals surface area contributed by atoms with Crippen LogP contribution in [0.25, 0.3) is 0 Å². The van der Waals surface area contributed by atoms with Crippen LogP contribution in [-0.2, 0) is 8.85 Å². The van der Waals surface area contributed by atoms with Gasteiger partial charge in [-0.2, -0.15) is 0 Å². The van der Waals surface area contributed by atoms with E-state index in [4.69, 9.17) is 8.85 Å². The Labute approximate surface area is 120 Å². The Balaban J connectivity index is 2.39. The fourth-order valence-corrected chi connectivity index (χ4v) is 3.71. The summed E-state index contributed by atoms with van der Waals surface area (Å²) >= 11 is 0. The molecule has 0 spiro atoms. The Kier molecular flexibility index (Phi) is 9.68. The average molecular weight is 280 g/mol. The van der Waals surface area contributed by atoms with Gasteiger partial charge < -0.3 is 8.85 Å². The lowest BCUT2D eigenvalue weighted by atomic mass is 10.3. The summed E-state index contributed by atoms with van der Waals surface area (Å²) in [7, 11) is -1.68. The largest absolute Gasteiger partial charge is 0.393 e. The van der Waals surface area contributed by atoms with Gasteiger partial charge >= 0.3 is 9.28 Å². The zero-order chi connectivity index (χ0) is 13.8. The van der Waals surface area contributed by atoms with Crippen molar-refractivity contribution < 1.29 is 8.85 Å². The Morgan fingerprint density at radius 3 is 1.79 bits per heavy atom. The fraction of sp³-hybridized carbons (Fsp3) is 0.625. The normalized spacial score (nSPS) is 11.1. The molecule has 19 heavy (non-hydrogen) atoms. The summed E-state index contributed by atoms with van der Waals surface area (Å²) in [5.41, 5.74) is 0. The van der Waals surface area contributed by atoms with Crippen molar-refractivity contribution in [2.24, 2.45) is 0 Å². The van der Waals surface area contributed by atoms with E-state index in [0.717, 1.165) is 26.1 Å². The van der Waals surface area contributed by atoms with Crippen LogP contribution in [0, 0.1) is 0 Å². The minimum Gasteiger partial charge on any atom is -0.393 e. The molecule has 0 radical (unpaired) electrons. The molecular weight excluding hydrogens is 252 g/mol. The smallest absolute Gasteiger partial charge is 0.355 e. The first-order valence-electron chi connectivity index (χ1n) is 7.66. The molecule has 0 aliphatic rings. The Bertz CT molecular complexity index is 291. The third-order valence-electron chi connectivity index (χ3n) is 3.11. The first-order chi connectivity index (χ1) is 9.38. The van der Waals surface area contributed by atoms with E-state index in [1.54, 1.807) is 0 Å². The van der Waals surface area contributed by atoms with Crippen LogP contribution in [0.15, 0.2) is 30.3 Å². The van der Waals surface area contributed by atoms with E-state index in [2.05, 4.69) is 38.1 Å². The summed E-state index contributed by atoms with van der Waals surface area (Å²) < 4.78 is 12.1. The van der Waals surface area contributed by atoms with Crippen molar-refractivity contribution in [3.8, 4) is 0 Å². The molecule has 0 atom stereocenters. The lowest BCUT2D eigenvalue weighted by Gasteiger charge is -2.17. The van der Waals surface area contributed by atoms with Crippen molar-refractivity contribution in [2.75, 3.05) is 13.2 Å².